The molecule has 5 nitrogen and oxygen atoms in total. The second-order valence-electron chi connectivity index (χ2n) is 3.86. The monoisotopic (exact) mass is 222 g/mol. The number of nitrogens with zero attached hydrogens (tertiary/aromatic N) is 2. The van der Waals surface area contributed by atoms with Gasteiger partial charge in [0.2, 0.25) is 0 Å². The van der Waals surface area contributed by atoms with Gasteiger partial charge in [0.05, 0.1) is 12.6 Å². The summed E-state index contributed by atoms with van der Waals surface area (Å²) in [7, 11) is 1.87. The third-order valence-corrected chi connectivity index (χ3v) is 2.63. The van der Waals surface area contributed by atoms with Crippen LogP contribution in [-0.4, -0.2) is 36.3 Å². The van der Waals surface area contributed by atoms with Crippen LogP contribution >= 0.6 is 0 Å². The van der Waals surface area contributed by atoms with Crippen LogP contribution < -0.4 is 10.6 Å². The van der Waals surface area contributed by atoms with Crippen molar-refractivity contribution in [1.29, 1.82) is 0 Å². The highest BCUT2D eigenvalue weighted by atomic mass is 16.5. The van der Waals surface area contributed by atoms with Gasteiger partial charge in [-0.05, 0) is 6.42 Å². The summed E-state index contributed by atoms with van der Waals surface area (Å²) in [5, 5.41) is 6.42. The third kappa shape index (κ3) is 2.61. The van der Waals surface area contributed by atoms with Crippen molar-refractivity contribution >= 4 is 11.6 Å². The first-order valence-electron chi connectivity index (χ1n) is 5.71. The van der Waals surface area contributed by atoms with E-state index in [0.29, 0.717) is 6.04 Å². The molecule has 0 aliphatic carbocycles. The minimum atomic E-state index is 0.379. The Balaban J connectivity index is 2.12. The quantitative estimate of drug-likeness (QED) is 0.803. The van der Waals surface area contributed by atoms with Gasteiger partial charge >= 0.3 is 0 Å². The lowest BCUT2D eigenvalue weighted by molar-refractivity contribution is 0.195. The molecular formula is C11H18N4O. The number of aromatic nitrogens is 2. The van der Waals surface area contributed by atoms with Gasteiger partial charge in [-0.2, -0.15) is 0 Å². The standard InChI is InChI=1S/C11H18N4O/c1-3-9-14-10(12-2)6-11(15-9)13-8-4-5-16-7-8/h6,8H,3-5,7H2,1-2H3,(H2,12,13,14,15). The minimum absolute atomic E-state index is 0.379. The molecule has 0 aromatic carbocycles. The largest absolute Gasteiger partial charge is 0.379 e. The first-order valence-corrected chi connectivity index (χ1v) is 5.71. The molecule has 0 spiro atoms. The highest BCUT2D eigenvalue weighted by Crippen LogP contribution is 2.15. The molecule has 0 amide bonds. The molecule has 0 saturated carbocycles. The van der Waals surface area contributed by atoms with Crippen molar-refractivity contribution < 1.29 is 4.74 Å². The Morgan fingerprint density at radius 2 is 2.25 bits per heavy atom. The Kier molecular flexibility index (Phi) is 3.56. The van der Waals surface area contributed by atoms with Gasteiger partial charge in [-0.15, -0.1) is 0 Å². The molecule has 1 aliphatic rings. The molecule has 88 valence electrons. The predicted octanol–water partition coefficient (Wildman–Crippen LogP) is 1.28. The lowest BCUT2D eigenvalue weighted by Gasteiger charge is -2.13. The van der Waals surface area contributed by atoms with Crippen LogP contribution in [0.25, 0.3) is 0 Å². The molecule has 2 rings (SSSR count). The van der Waals surface area contributed by atoms with Crippen LogP contribution in [0.5, 0.6) is 0 Å². The van der Waals surface area contributed by atoms with Gasteiger partial charge < -0.3 is 15.4 Å². The molecule has 1 aromatic heterocycles. The molecule has 1 saturated heterocycles. The number of anilines is 2. The second-order valence-corrected chi connectivity index (χ2v) is 3.86. The van der Waals surface area contributed by atoms with E-state index < -0.39 is 0 Å². The molecule has 2 N–H and O–H groups in total. The van der Waals surface area contributed by atoms with Crippen LogP contribution in [0.3, 0.4) is 0 Å². The van der Waals surface area contributed by atoms with Gasteiger partial charge in [-0.25, -0.2) is 9.97 Å². The predicted molar refractivity (Wildman–Crippen MR) is 63.8 cm³/mol. The van der Waals surface area contributed by atoms with Crippen LogP contribution in [0, 0.1) is 0 Å². The van der Waals surface area contributed by atoms with E-state index in [1.165, 1.54) is 0 Å². The third-order valence-electron chi connectivity index (χ3n) is 2.63. The fourth-order valence-electron chi connectivity index (χ4n) is 1.71. The molecule has 1 fully saturated rings. The maximum absolute atomic E-state index is 5.32. The number of hydrogen-bond acceptors (Lipinski definition) is 5. The number of hydrogen-bond donors (Lipinski definition) is 2. The van der Waals surface area contributed by atoms with Gasteiger partial charge in [0.1, 0.15) is 17.5 Å². The van der Waals surface area contributed by atoms with Crippen LogP contribution in [0.4, 0.5) is 11.6 Å². The van der Waals surface area contributed by atoms with E-state index in [-0.39, 0.29) is 0 Å². The topological polar surface area (TPSA) is 59.1 Å². The molecule has 1 atom stereocenters. The van der Waals surface area contributed by atoms with E-state index in [0.717, 1.165) is 43.5 Å². The lowest BCUT2D eigenvalue weighted by atomic mass is 10.2. The van der Waals surface area contributed by atoms with Crippen molar-refractivity contribution in [3.05, 3.63) is 11.9 Å². The Labute approximate surface area is 95.6 Å². The summed E-state index contributed by atoms with van der Waals surface area (Å²) in [5.74, 6) is 2.59. The summed E-state index contributed by atoms with van der Waals surface area (Å²) in [6, 6.07) is 2.31. The van der Waals surface area contributed by atoms with Gasteiger partial charge in [0.15, 0.2) is 0 Å². The molecule has 1 aromatic rings. The summed E-state index contributed by atoms with van der Waals surface area (Å²) in [5.41, 5.74) is 0. The SMILES string of the molecule is CCc1nc(NC)cc(NC2CCOC2)n1. The molecule has 5 heteroatoms. The first kappa shape index (κ1) is 11.1. The van der Waals surface area contributed by atoms with E-state index >= 15 is 0 Å². The molecule has 2 heterocycles. The first-order chi connectivity index (χ1) is 7.81. The van der Waals surface area contributed by atoms with E-state index in [1.807, 2.05) is 13.1 Å². The maximum Gasteiger partial charge on any atom is 0.132 e. The molecule has 16 heavy (non-hydrogen) atoms. The average Bonchev–Trinajstić information content (AvgIpc) is 2.81. The summed E-state index contributed by atoms with van der Waals surface area (Å²) in [6.07, 6.45) is 1.88. The van der Waals surface area contributed by atoms with Crippen molar-refractivity contribution in [2.24, 2.45) is 0 Å². The highest BCUT2D eigenvalue weighted by Gasteiger charge is 2.16. The number of rotatable bonds is 4. The van der Waals surface area contributed by atoms with Crippen molar-refractivity contribution in [2.75, 3.05) is 30.9 Å². The molecule has 0 radical (unpaired) electrons. The van der Waals surface area contributed by atoms with E-state index in [4.69, 9.17) is 4.74 Å². The van der Waals surface area contributed by atoms with Crippen LogP contribution in [0.2, 0.25) is 0 Å². The van der Waals surface area contributed by atoms with Crippen molar-refractivity contribution in [3.63, 3.8) is 0 Å². The molecule has 1 aliphatic heterocycles. The lowest BCUT2D eigenvalue weighted by Crippen LogP contribution is -2.20. The van der Waals surface area contributed by atoms with Gasteiger partial charge in [0, 0.05) is 26.1 Å². The summed E-state index contributed by atoms with van der Waals surface area (Å²) in [4.78, 5) is 8.80. The van der Waals surface area contributed by atoms with Crippen molar-refractivity contribution in [2.45, 2.75) is 25.8 Å². The minimum Gasteiger partial charge on any atom is -0.379 e. The Hall–Kier alpha value is -1.36. The number of nitrogens with one attached hydrogen (secondary N) is 2. The Bertz CT molecular complexity index is 328. The Morgan fingerprint density at radius 3 is 2.88 bits per heavy atom. The van der Waals surface area contributed by atoms with E-state index in [9.17, 15) is 0 Å². The fourth-order valence-corrected chi connectivity index (χ4v) is 1.71. The summed E-state index contributed by atoms with van der Waals surface area (Å²) >= 11 is 0. The van der Waals surface area contributed by atoms with Gasteiger partial charge in [-0.3, -0.25) is 0 Å². The summed E-state index contributed by atoms with van der Waals surface area (Å²) in [6.45, 7) is 3.65. The number of ether oxygens (including phenoxy) is 1. The smallest absolute Gasteiger partial charge is 0.132 e. The molecule has 1 unspecified atom stereocenters. The number of aryl methyl sites for hydroxylation is 1. The van der Waals surface area contributed by atoms with Crippen LogP contribution in [-0.2, 0) is 11.2 Å². The Morgan fingerprint density at radius 1 is 1.44 bits per heavy atom. The zero-order valence-electron chi connectivity index (χ0n) is 9.79. The van der Waals surface area contributed by atoms with Crippen LogP contribution in [0.15, 0.2) is 6.07 Å². The average molecular weight is 222 g/mol. The maximum atomic E-state index is 5.32. The summed E-state index contributed by atoms with van der Waals surface area (Å²) < 4.78 is 5.32. The van der Waals surface area contributed by atoms with Crippen molar-refractivity contribution in [3.8, 4) is 0 Å². The molecular weight excluding hydrogens is 204 g/mol. The molecule has 0 bridgehead atoms. The van der Waals surface area contributed by atoms with E-state index in [1.54, 1.807) is 0 Å². The fraction of sp³-hybridized carbons (Fsp3) is 0.636. The van der Waals surface area contributed by atoms with Crippen molar-refractivity contribution in [1.82, 2.24) is 9.97 Å². The second kappa shape index (κ2) is 5.12. The van der Waals surface area contributed by atoms with Gasteiger partial charge in [-0.1, -0.05) is 6.92 Å². The zero-order valence-corrected chi connectivity index (χ0v) is 9.79. The normalized spacial score (nSPS) is 19.8. The van der Waals surface area contributed by atoms with Crippen LogP contribution in [0.1, 0.15) is 19.2 Å². The van der Waals surface area contributed by atoms with Gasteiger partial charge in [0.25, 0.3) is 0 Å². The zero-order chi connectivity index (χ0) is 11.4. The van der Waals surface area contributed by atoms with E-state index in [2.05, 4.69) is 27.5 Å². The highest BCUT2D eigenvalue weighted by molar-refractivity contribution is 5.47.